The summed E-state index contributed by atoms with van der Waals surface area (Å²) >= 11 is 1.90. The Morgan fingerprint density at radius 3 is 2.73 bits per heavy atom. The van der Waals surface area contributed by atoms with Gasteiger partial charge in [-0.05, 0) is 44.0 Å². The molecule has 0 aliphatic carbocycles. The standard InChI is InChI=1S/C12H18N2S/c13-11-3-1-2-4-12(11)15-9-10-5-7-14-8-6-10/h1-4,10,14H,5-9,13H2. The number of benzene rings is 1. The minimum Gasteiger partial charge on any atom is -0.398 e. The molecule has 0 bridgehead atoms. The molecule has 1 aromatic rings. The summed E-state index contributed by atoms with van der Waals surface area (Å²) in [5.74, 6) is 2.06. The van der Waals surface area contributed by atoms with Crippen molar-refractivity contribution in [2.75, 3.05) is 24.6 Å². The number of rotatable bonds is 3. The van der Waals surface area contributed by atoms with Gasteiger partial charge in [0, 0.05) is 16.3 Å². The second kappa shape index (κ2) is 5.42. The number of nitrogens with two attached hydrogens (primary N) is 1. The molecule has 1 aliphatic rings. The molecular formula is C12H18N2S. The van der Waals surface area contributed by atoms with Gasteiger partial charge in [-0.1, -0.05) is 12.1 Å². The van der Waals surface area contributed by atoms with Crippen LogP contribution >= 0.6 is 11.8 Å². The number of nitrogens with one attached hydrogen (secondary N) is 1. The summed E-state index contributed by atoms with van der Waals surface area (Å²) in [5.41, 5.74) is 6.82. The predicted molar refractivity (Wildman–Crippen MR) is 67.2 cm³/mol. The van der Waals surface area contributed by atoms with Crippen LogP contribution in [-0.4, -0.2) is 18.8 Å². The third-order valence-corrected chi connectivity index (χ3v) is 4.17. The summed E-state index contributed by atoms with van der Waals surface area (Å²) in [6, 6.07) is 8.14. The van der Waals surface area contributed by atoms with Crippen molar-refractivity contribution in [3.05, 3.63) is 24.3 Å². The van der Waals surface area contributed by atoms with Crippen LogP contribution in [0.3, 0.4) is 0 Å². The molecule has 0 aromatic heterocycles. The zero-order valence-corrected chi connectivity index (χ0v) is 9.72. The van der Waals surface area contributed by atoms with Gasteiger partial charge in [0.05, 0.1) is 0 Å². The molecule has 0 radical (unpaired) electrons. The van der Waals surface area contributed by atoms with E-state index < -0.39 is 0 Å². The van der Waals surface area contributed by atoms with E-state index in [9.17, 15) is 0 Å². The van der Waals surface area contributed by atoms with Crippen molar-refractivity contribution in [2.24, 2.45) is 5.92 Å². The van der Waals surface area contributed by atoms with Gasteiger partial charge in [0.25, 0.3) is 0 Å². The number of thioether (sulfide) groups is 1. The predicted octanol–water partition coefficient (Wildman–Crippen LogP) is 2.36. The van der Waals surface area contributed by atoms with Gasteiger partial charge in [-0.3, -0.25) is 0 Å². The quantitative estimate of drug-likeness (QED) is 0.609. The maximum Gasteiger partial charge on any atom is 0.0452 e. The fraction of sp³-hybridized carbons (Fsp3) is 0.500. The Hall–Kier alpha value is -0.670. The van der Waals surface area contributed by atoms with E-state index in [1.807, 2.05) is 23.9 Å². The molecule has 0 unspecified atom stereocenters. The summed E-state index contributed by atoms with van der Waals surface area (Å²) in [6.45, 7) is 2.35. The second-order valence-corrected chi connectivity index (χ2v) is 5.10. The van der Waals surface area contributed by atoms with Crippen molar-refractivity contribution >= 4 is 17.4 Å². The number of nitrogen functional groups attached to an aromatic ring is 1. The Labute approximate surface area is 95.6 Å². The number of hydrogen-bond acceptors (Lipinski definition) is 3. The van der Waals surface area contributed by atoms with Gasteiger partial charge < -0.3 is 11.1 Å². The fourth-order valence-corrected chi connectivity index (χ4v) is 3.03. The van der Waals surface area contributed by atoms with Crippen LogP contribution < -0.4 is 11.1 Å². The van der Waals surface area contributed by atoms with Crippen LogP contribution in [0.5, 0.6) is 0 Å². The van der Waals surface area contributed by atoms with Crippen LogP contribution in [0, 0.1) is 5.92 Å². The zero-order valence-electron chi connectivity index (χ0n) is 8.91. The SMILES string of the molecule is Nc1ccccc1SCC1CCNCC1. The highest BCUT2D eigenvalue weighted by Crippen LogP contribution is 2.28. The van der Waals surface area contributed by atoms with Crippen molar-refractivity contribution in [1.29, 1.82) is 0 Å². The van der Waals surface area contributed by atoms with Crippen LogP contribution in [0.15, 0.2) is 29.2 Å². The second-order valence-electron chi connectivity index (χ2n) is 4.04. The lowest BCUT2D eigenvalue weighted by atomic mass is 10.0. The van der Waals surface area contributed by atoms with E-state index in [1.165, 1.54) is 36.6 Å². The van der Waals surface area contributed by atoms with Crippen molar-refractivity contribution in [1.82, 2.24) is 5.32 Å². The number of anilines is 1. The third kappa shape index (κ3) is 3.14. The molecule has 2 rings (SSSR count). The maximum atomic E-state index is 5.90. The normalized spacial score (nSPS) is 17.9. The van der Waals surface area contributed by atoms with E-state index in [1.54, 1.807) is 0 Å². The van der Waals surface area contributed by atoms with Crippen molar-refractivity contribution in [3.63, 3.8) is 0 Å². The van der Waals surface area contributed by atoms with Crippen LogP contribution in [0.4, 0.5) is 5.69 Å². The highest BCUT2D eigenvalue weighted by molar-refractivity contribution is 7.99. The topological polar surface area (TPSA) is 38.0 Å². The average molecular weight is 222 g/mol. The summed E-state index contributed by atoms with van der Waals surface area (Å²) in [5, 5.41) is 3.39. The highest BCUT2D eigenvalue weighted by Gasteiger charge is 2.13. The molecule has 15 heavy (non-hydrogen) atoms. The molecule has 1 fully saturated rings. The van der Waals surface area contributed by atoms with E-state index in [-0.39, 0.29) is 0 Å². The van der Waals surface area contributed by atoms with Gasteiger partial charge in [0.2, 0.25) is 0 Å². The number of hydrogen-bond donors (Lipinski definition) is 2. The van der Waals surface area contributed by atoms with Crippen molar-refractivity contribution in [2.45, 2.75) is 17.7 Å². The molecule has 82 valence electrons. The average Bonchev–Trinajstić information content (AvgIpc) is 2.29. The highest BCUT2D eigenvalue weighted by atomic mass is 32.2. The van der Waals surface area contributed by atoms with Crippen LogP contribution in [-0.2, 0) is 0 Å². The maximum absolute atomic E-state index is 5.90. The first-order chi connectivity index (χ1) is 7.36. The molecule has 3 heteroatoms. The minimum absolute atomic E-state index is 0.857. The first-order valence-corrected chi connectivity index (χ1v) is 6.53. The lowest BCUT2D eigenvalue weighted by Crippen LogP contribution is -2.28. The molecule has 1 aliphatic heterocycles. The summed E-state index contributed by atoms with van der Waals surface area (Å²) < 4.78 is 0. The Bertz CT molecular complexity index is 308. The van der Waals surface area contributed by atoms with Crippen LogP contribution in [0.1, 0.15) is 12.8 Å². The monoisotopic (exact) mass is 222 g/mol. The van der Waals surface area contributed by atoms with E-state index in [0.29, 0.717) is 0 Å². The number of piperidine rings is 1. The van der Waals surface area contributed by atoms with E-state index in [0.717, 1.165) is 11.6 Å². The molecule has 0 atom stereocenters. The van der Waals surface area contributed by atoms with Crippen molar-refractivity contribution < 1.29 is 0 Å². The van der Waals surface area contributed by atoms with Gasteiger partial charge in [-0.15, -0.1) is 11.8 Å². The first-order valence-electron chi connectivity index (χ1n) is 5.54. The van der Waals surface area contributed by atoms with E-state index in [4.69, 9.17) is 5.73 Å². The largest absolute Gasteiger partial charge is 0.398 e. The summed E-state index contributed by atoms with van der Waals surface area (Å²) in [6.07, 6.45) is 2.61. The molecule has 0 saturated carbocycles. The van der Waals surface area contributed by atoms with Gasteiger partial charge >= 0.3 is 0 Å². The third-order valence-electron chi connectivity index (χ3n) is 2.85. The molecule has 3 N–H and O–H groups in total. The summed E-state index contributed by atoms with van der Waals surface area (Å²) in [4.78, 5) is 1.23. The molecular weight excluding hydrogens is 204 g/mol. The lowest BCUT2D eigenvalue weighted by molar-refractivity contribution is 0.408. The molecule has 0 amide bonds. The lowest BCUT2D eigenvalue weighted by Gasteiger charge is -2.22. The van der Waals surface area contributed by atoms with E-state index >= 15 is 0 Å². The van der Waals surface area contributed by atoms with Crippen LogP contribution in [0.2, 0.25) is 0 Å². The Morgan fingerprint density at radius 1 is 1.27 bits per heavy atom. The fourth-order valence-electron chi connectivity index (χ4n) is 1.87. The molecule has 1 saturated heterocycles. The molecule has 1 aromatic carbocycles. The van der Waals surface area contributed by atoms with Gasteiger partial charge in [-0.2, -0.15) is 0 Å². The molecule has 1 heterocycles. The smallest absolute Gasteiger partial charge is 0.0452 e. The zero-order chi connectivity index (χ0) is 10.5. The summed E-state index contributed by atoms with van der Waals surface area (Å²) in [7, 11) is 0. The minimum atomic E-state index is 0.857. The van der Waals surface area contributed by atoms with Crippen molar-refractivity contribution in [3.8, 4) is 0 Å². The van der Waals surface area contributed by atoms with Gasteiger partial charge in [0.15, 0.2) is 0 Å². The Kier molecular flexibility index (Phi) is 3.92. The molecule has 2 nitrogen and oxygen atoms in total. The van der Waals surface area contributed by atoms with Crippen LogP contribution in [0.25, 0.3) is 0 Å². The van der Waals surface area contributed by atoms with Gasteiger partial charge in [0.1, 0.15) is 0 Å². The Morgan fingerprint density at radius 2 is 2.00 bits per heavy atom. The molecule has 0 spiro atoms. The van der Waals surface area contributed by atoms with E-state index in [2.05, 4.69) is 17.4 Å². The number of para-hydroxylation sites is 1. The Balaban J connectivity index is 1.84. The van der Waals surface area contributed by atoms with Gasteiger partial charge in [-0.25, -0.2) is 0 Å². The first kappa shape index (κ1) is 10.8.